The van der Waals surface area contributed by atoms with Crippen molar-refractivity contribution in [2.45, 2.75) is 33.1 Å². The molecule has 1 saturated heterocycles. The predicted octanol–water partition coefficient (Wildman–Crippen LogP) is -0.00150. The largest absolute Gasteiger partial charge is 0.481 e. The second kappa shape index (κ2) is 7.02. The van der Waals surface area contributed by atoms with E-state index in [0.29, 0.717) is 0 Å². The molecule has 7 heteroatoms. The molecule has 0 aliphatic carbocycles. The molecule has 1 aliphatic rings. The number of carboxylic acids is 1. The first-order valence-electron chi connectivity index (χ1n) is 6.65. The van der Waals surface area contributed by atoms with Gasteiger partial charge in [-0.25, -0.2) is 0 Å². The standard InChI is InChI=1S/C13H20N2O5/c1-8(2)9(13(19)20)7-14-10(16)5-6-15-11(17)3-4-12(15)18/h8-9H,3-7H2,1-2H3,(H,14,16)(H,19,20). The Morgan fingerprint density at radius 3 is 2.25 bits per heavy atom. The number of hydrogen-bond acceptors (Lipinski definition) is 4. The Morgan fingerprint density at radius 1 is 1.25 bits per heavy atom. The van der Waals surface area contributed by atoms with E-state index in [0.717, 1.165) is 4.90 Å². The highest BCUT2D eigenvalue weighted by Gasteiger charge is 2.29. The molecule has 1 rings (SSSR count). The molecule has 0 aromatic rings. The van der Waals surface area contributed by atoms with E-state index >= 15 is 0 Å². The van der Waals surface area contributed by atoms with E-state index in [1.54, 1.807) is 13.8 Å². The maximum atomic E-state index is 11.6. The summed E-state index contributed by atoms with van der Waals surface area (Å²) >= 11 is 0. The number of rotatable bonds is 7. The summed E-state index contributed by atoms with van der Waals surface area (Å²) in [7, 11) is 0. The fourth-order valence-corrected chi connectivity index (χ4v) is 2.01. The summed E-state index contributed by atoms with van der Waals surface area (Å²) in [5.74, 6) is -2.56. The summed E-state index contributed by atoms with van der Waals surface area (Å²) in [5.41, 5.74) is 0. The smallest absolute Gasteiger partial charge is 0.308 e. The third kappa shape index (κ3) is 4.32. The lowest BCUT2D eigenvalue weighted by Gasteiger charge is -2.17. The molecule has 1 atom stereocenters. The third-order valence-corrected chi connectivity index (χ3v) is 3.36. The maximum absolute atomic E-state index is 11.6. The monoisotopic (exact) mass is 284 g/mol. The summed E-state index contributed by atoms with van der Waals surface area (Å²) in [5, 5.41) is 11.5. The molecular weight excluding hydrogens is 264 g/mol. The molecule has 1 aliphatic heterocycles. The van der Waals surface area contributed by atoms with Crippen LogP contribution in [0.25, 0.3) is 0 Å². The van der Waals surface area contributed by atoms with Crippen molar-refractivity contribution in [3.05, 3.63) is 0 Å². The summed E-state index contributed by atoms with van der Waals surface area (Å²) in [6.07, 6.45) is 0.408. The van der Waals surface area contributed by atoms with E-state index in [2.05, 4.69) is 5.32 Å². The van der Waals surface area contributed by atoms with Crippen LogP contribution in [0.3, 0.4) is 0 Å². The molecule has 3 amide bonds. The van der Waals surface area contributed by atoms with Crippen LogP contribution in [-0.4, -0.2) is 46.8 Å². The van der Waals surface area contributed by atoms with E-state index in [9.17, 15) is 19.2 Å². The van der Waals surface area contributed by atoms with Crippen molar-refractivity contribution in [3.8, 4) is 0 Å². The lowest BCUT2D eigenvalue weighted by molar-refractivity contribution is -0.143. The number of carboxylic acid groups (broad SMARTS) is 1. The van der Waals surface area contributed by atoms with Crippen molar-refractivity contribution < 1.29 is 24.3 Å². The van der Waals surface area contributed by atoms with Gasteiger partial charge in [-0.1, -0.05) is 13.8 Å². The highest BCUT2D eigenvalue weighted by atomic mass is 16.4. The van der Waals surface area contributed by atoms with Gasteiger partial charge in [0.2, 0.25) is 17.7 Å². The summed E-state index contributed by atoms with van der Waals surface area (Å²) < 4.78 is 0. The molecule has 0 saturated carbocycles. The zero-order valence-corrected chi connectivity index (χ0v) is 11.7. The number of likely N-dealkylation sites (tertiary alicyclic amines) is 1. The van der Waals surface area contributed by atoms with Gasteiger partial charge in [-0.15, -0.1) is 0 Å². The minimum atomic E-state index is -0.954. The van der Waals surface area contributed by atoms with Crippen molar-refractivity contribution in [1.29, 1.82) is 0 Å². The number of carbonyl (C=O) groups is 4. The Bertz CT molecular complexity index is 403. The number of amides is 3. The fourth-order valence-electron chi connectivity index (χ4n) is 2.01. The zero-order chi connectivity index (χ0) is 15.3. The summed E-state index contributed by atoms with van der Waals surface area (Å²) in [6.45, 7) is 3.65. The first-order valence-corrected chi connectivity index (χ1v) is 6.65. The van der Waals surface area contributed by atoms with Crippen LogP contribution in [0.5, 0.6) is 0 Å². The van der Waals surface area contributed by atoms with E-state index < -0.39 is 11.9 Å². The summed E-state index contributed by atoms with van der Waals surface area (Å²) in [6, 6.07) is 0. The van der Waals surface area contributed by atoms with Gasteiger partial charge in [0.05, 0.1) is 5.92 Å². The molecule has 0 bridgehead atoms. The number of nitrogens with one attached hydrogen (secondary N) is 1. The number of nitrogens with zero attached hydrogens (tertiary/aromatic N) is 1. The zero-order valence-electron chi connectivity index (χ0n) is 11.7. The van der Waals surface area contributed by atoms with Gasteiger partial charge in [-0.05, 0) is 5.92 Å². The van der Waals surface area contributed by atoms with Crippen molar-refractivity contribution in [1.82, 2.24) is 10.2 Å². The molecule has 1 heterocycles. The first-order chi connectivity index (χ1) is 9.32. The van der Waals surface area contributed by atoms with E-state index in [1.807, 2.05) is 0 Å². The average molecular weight is 284 g/mol. The quantitative estimate of drug-likeness (QED) is 0.640. The molecule has 0 aromatic carbocycles. The third-order valence-electron chi connectivity index (χ3n) is 3.36. The molecular formula is C13H20N2O5. The Labute approximate surface area is 117 Å². The highest BCUT2D eigenvalue weighted by molar-refractivity contribution is 6.02. The van der Waals surface area contributed by atoms with Crippen LogP contribution >= 0.6 is 0 Å². The normalized spacial score (nSPS) is 16.6. The van der Waals surface area contributed by atoms with Crippen LogP contribution in [0.2, 0.25) is 0 Å². The van der Waals surface area contributed by atoms with Crippen LogP contribution in [0, 0.1) is 11.8 Å². The molecule has 20 heavy (non-hydrogen) atoms. The first kappa shape index (κ1) is 16.1. The van der Waals surface area contributed by atoms with Crippen LogP contribution in [0.1, 0.15) is 33.1 Å². The minimum absolute atomic E-state index is 0.00190. The van der Waals surface area contributed by atoms with Gasteiger partial charge in [-0.3, -0.25) is 24.1 Å². The maximum Gasteiger partial charge on any atom is 0.308 e. The molecule has 0 spiro atoms. The van der Waals surface area contributed by atoms with Gasteiger partial charge >= 0.3 is 5.97 Å². The van der Waals surface area contributed by atoms with Gasteiger partial charge in [0.15, 0.2) is 0 Å². The Balaban J connectivity index is 2.35. The van der Waals surface area contributed by atoms with Gasteiger partial charge in [0.1, 0.15) is 0 Å². The lowest BCUT2D eigenvalue weighted by atomic mass is 9.96. The van der Waals surface area contributed by atoms with Gasteiger partial charge in [-0.2, -0.15) is 0 Å². The van der Waals surface area contributed by atoms with Gasteiger partial charge < -0.3 is 10.4 Å². The second-order valence-corrected chi connectivity index (χ2v) is 5.18. The minimum Gasteiger partial charge on any atom is -0.481 e. The summed E-state index contributed by atoms with van der Waals surface area (Å²) in [4.78, 5) is 46.3. The molecule has 2 N–H and O–H groups in total. The molecule has 1 unspecified atom stereocenters. The SMILES string of the molecule is CC(C)C(CNC(=O)CCN1C(=O)CCC1=O)C(=O)O. The molecule has 0 aromatic heterocycles. The Hall–Kier alpha value is -1.92. The van der Waals surface area contributed by atoms with E-state index in [-0.39, 0.29) is 56.0 Å². The topological polar surface area (TPSA) is 104 Å². The molecule has 7 nitrogen and oxygen atoms in total. The van der Waals surface area contributed by atoms with Crippen LogP contribution < -0.4 is 5.32 Å². The van der Waals surface area contributed by atoms with E-state index in [4.69, 9.17) is 5.11 Å². The van der Waals surface area contributed by atoms with Crippen LogP contribution in [0.4, 0.5) is 0 Å². The Kier molecular flexibility index (Phi) is 5.66. The predicted molar refractivity (Wildman–Crippen MR) is 69.5 cm³/mol. The van der Waals surface area contributed by atoms with E-state index in [1.165, 1.54) is 0 Å². The van der Waals surface area contributed by atoms with Crippen molar-refractivity contribution >= 4 is 23.7 Å². The lowest BCUT2D eigenvalue weighted by Crippen LogP contribution is -2.38. The number of aliphatic carboxylic acids is 1. The van der Waals surface area contributed by atoms with Gasteiger partial charge in [0.25, 0.3) is 0 Å². The van der Waals surface area contributed by atoms with Crippen LogP contribution in [-0.2, 0) is 19.2 Å². The molecule has 1 fully saturated rings. The van der Waals surface area contributed by atoms with Crippen molar-refractivity contribution in [2.75, 3.05) is 13.1 Å². The number of carbonyl (C=O) groups excluding carboxylic acids is 3. The second-order valence-electron chi connectivity index (χ2n) is 5.18. The highest BCUT2D eigenvalue weighted by Crippen LogP contribution is 2.12. The van der Waals surface area contributed by atoms with Gasteiger partial charge in [0, 0.05) is 32.4 Å². The van der Waals surface area contributed by atoms with Crippen LogP contribution in [0.15, 0.2) is 0 Å². The number of hydrogen-bond donors (Lipinski definition) is 2. The Morgan fingerprint density at radius 2 is 1.80 bits per heavy atom. The molecule has 112 valence electrons. The van der Waals surface area contributed by atoms with Crippen molar-refractivity contribution in [2.24, 2.45) is 11.8 Å². The number of imide groups is 1. The van der Waals surface area contributed by atoms with Crippen molar-refractivity contribution in [3.63, 3.8) is 0 Å². The average Bonchev–Trinajstić information content (AvgIpc) is 2.66. The fraction of sp³-hybridized carbons (Fsp3) is 0.692. The molecule has 0 radical (unpaired) electrons.